The van der Waals surface area contributed by atoms with Crippen LogP contribution >= 0.6 is 0 Å². The first-order valence-corrected chi connectivity index (χ1v) is 26.8. The molecule has 0 aliphatic rings. The number of carbonyl (C=O) groups is 2. The first-order valence-electron chi connectivity index (χ1n) is 26.8. The second kappa shape index (κ2) is 50.7. The number of hydrogen-bond donors (Lipinski definition) is 3. The van der Waals surface area contributed by atoms with Crippen molar-refractivity contribution < 1.29 is 24.5 Å². The van der Waals surface area contributed by atoms with E-state index in [0.29, 0.717) is 19.4 Å². The minimum atomic E-state index is -0.861. The lowest BCUT2D eigenvalue weighted by Crippen LogP contribution is -2.45. The van der Waals surface area contributed by atoms with Gasteiger partial charge in [0.1, 0.15) is 0 Å². The number of carbonyl (C=O) groups excluding carboxylic acids is 2. The summed E-state index contributed by atoms with van der Waals surface area (Å²) in [6.07, 6.45) is 61.4. The van der Waals surface area contributed by atoms with Gasteiger partial charge in [0.25, 0.3) is 0 Å². The van der Waals surface area contributed by atoms with Gasteiger partial charge < -0.3 is 20.3 Å². The van der Waals surface area contributed by atoms with E-state index < -0.39 is 12.1 Å². The van der Waals surface area contributed by atoms with Crippen LogP contribution in [0.5, 0.6) is 0 Å². The van der Waals surface area contributed by atoms with Gasteiger partial charge in [-0.25, -0.2) is 0 Å². The van der Waals surface area contributed by atoms with Gasteiger partial charge in [0, 0.05) is 12.8 Å². The van der Waals surface area contributed by atoms with Crippen molar-refractivity contribution in [2.75, 3.05) is 13.2 Å². The minimum absolute atomic E-state index is 0.0349. The van der Waals surface area contributed by atoms with E-state index in [9.17, 15) is 19.8 Å². The SMILES string of the molecule is CCCCC/C=C\C/C=C\CCCCCCCC(=O)OCCCCCCCCCCCCC(=O)NC(CO)C(O)/C=C/CCCCCCCCCCCCCCCCCCC. The van der Waals surface area contributed by atoms with Gasteiger partial charge >= 0.3 is 5.97 Å². The highest BCUT2D eigenvalue weighted by Gasteiger charge is 2.18. The summed E-state index contributed by atoms with van der Waals surface area (Å²) >= 11 is 0. The van der Waals surface area contributed by atoms with Crippen molar-refractivity contribution in [2.45, 2.75) is 289 Å². The minimum Gasteiger partial charge on any atom is -0.466 e. The summed E-state index contributed by atoms with van der Waals surface area (Å²) in [5.74, 6) is -0.126. The van der Waals surface area contributed by atoms with Crippen LogP contribution in [-0.4, -0.2) is 47.4 Å². The van der Waals surface area contributed by atoms with Crippen LogP contribution in [0.25, 0.3) is 0 Å². The second-order valence-electron chi connectivity index (χ2n) is 18.2. The molecule has 2 unspecified atom stereocenters. The van der Waals surface area contributed by atoms with Crippen molar-refractivity contribution in [1.82, 2.24) is 5.32 Å². The van der Waals surface area contributed by atoms with Gasteiger partial charge in [-0.1, -0.05) is 237 Å². The number of allylic oxidation sites excluding steroid dienone is 5. The highest BCUT2D eigenvalue weighted by molar-refractivity contribution is 5.76. The Labute approximate surface area is 379 Å². The summed E-state index contributed by atoms with van der Waals surface area (Å²) in [6, 6.07) is -0.646. The van der Waals surface area contributed by atoms with Gasteiger partial charge in [0.2, 0.25) is 5.91 Å². The molecule has 0 saturated carbocycles. The second-order valence-corrected chi connectivity index (χ2v) is 18.2. The Balaban J connectivity index is 3.53. The fourth-order valence-corrected chi connectivity index (χ4v) is 8.02. The van der Waals surface area contributed by atoms with Crippen molar-refractivity contribution in [3.8, 4) is 0 Å². The quantitative estimate of drug-likeness (QED) is 0.0322. The molecular weight excluding hydrogens is 755 g/mol. The van der Waals surface area contributed by atoms with Gasteiger partial charge in [-0.15, -0.1) is 0 Å². The van der Waals surface area contributed by atoms with Crippen molar-refractivity contribution in [3.05, 3.63) is 36.5 Å². The van der Waals surface area contributed by atoms with Crippen molar-refractivity contribution >= 4 is 11.9 Å². The summed E-state index contributed by atoms with van der Waals surface area (Å²) in [7, 11) is 0. The molecular formula is C55H103NO5. The lowest BCUT2D eigenvalue weighted by molar-refractivity contribution is -0.143. The van der Waals surface area contributed by atoms with Crippen LogP contribution < -0.4 is 5.32 Å². The maximum absolute atomic E-state index is 12.4. The Morgan fingerprint density at radius 3 is 1.28 bits per heavy atom. The number of aliphatic hydroxyl groups excluding tert-OH is 2. The van der Waals surface area contributed by atoms with Crippen LogP contribution in [0.3, 0.4) is 0 Å². The molecule has 1 amide bonds. The third-order valence-electron chi connectivity index (χ3n) is 12.2. The lowest BCUT2D eigenvalue weighted by atomic mass is 10.0. The van der Waals surface area contributed by atoms with Gasteiger partial charge in [-0.2, -0.15) is 0 Å². The number of aliphatic hydroxyl groups is 2. The molecule has 0 aromatic rings. The molecule has 0 rings (SSSR count). The fourth-order valence-electron chi connectivity index (χ4n) is 8.02. The van der Waals surface area contributed by atoms with E-state index in [1.54, 1.807) is 6.08 Å². The maximum Gasteiger partial charge on any atom is 0.305 e. The third kappa shape index (κ3) is 47.4. The molecule has 6 nitrogen and oxygen atoms in total. The van der Waals surface area contributed by atoms with Crippen molar-refractivity contribution in [1.29, 1.82) is 0 Å². The molecule has 0 fully saturated rings. The number of amides is 1. The van der Waals surface area contributed by atoms with Crippen LogP contribution in [0.15, 0.2) is 36.5 Å². The van der Waals surface area contributed by atoms with Crippen molar-refractivity contribution in [3.63, 3.8) is 0 Å². The zero-order valence-electron chi connectivity index (χ0n) is 40.6. The Bertz CT molecular complexity index is 993. The molecule has 61 heavy (non-hydrogen) atoms. The summed E-state index contributed by atoms with van der Waals surface area (Å²) in [6.45, 7) is 4.82. The van der Waals surface area contributed by atoms with E-state index in [1.807, 2.05) is 6.08 Å². The Hall–Kier alpha value is -1.92. The molecule has 0 aromatic heterocycles. The number of ether oxygens (including phenoxy) is 1. The topological polar surface area (TPSA) is 95.9 Å². The number of unbranched alkanes of at least 4 members (excludes halogenated alkanes) is 34. The molecule has 0 saturated heterocycles. The molecule has 358 valence electrons. The molecule has 0 aliphatic heterocycles. The third-order valence-corrected chi connectivity index (χ3v) is 12.2. The molecule has 0 aliphatic carbocycles. The van der Waals surface area contributed by atoms with Crippen LogP contribution in [0, 0.1) is 0 Å². The molecule has 0 aromatic carbocycles. The number of nitrogens with one attached hydrogen (secondary N) is 1. The van der Waals surface area contributed by atoms with E-state index in [1.165, 1.54) is 180 Å². The number of hydrogen-bond acceptors (Lipinski definition) is 5. The molecule has 3 N–H and O–H groups in total. The van der Waals surface area contributed by atoms with E-state index in [2.05, 4.69) is 43.5 Å². The van der Waals surface area contributed by atoms with Gasteiger partial charge in [0.05, 0.1) is 25.4 Å². The monoisotopic (exact) mass is 858 g/mol. The van der Waals surface area contributed by atoms with Crippen LogP contribution in [0.1, 0.15) is 277 Å². The fraction of sp³-hybridized carbons (Fsp3) is 0.855. The molecule has 0 spiro atoms. The average Bonchev–Trinajstić information content (AvgIpc) is 3.26. The van der Waals surface area contributed by atoms with Gasteiger partial charge in [-0.3, -0.25) is 9.59 Å². The smallest absolute Gasteiger partial charge is 0.305 e. The highest BCUT2D eigenvalue weighted by atomic mass is 16.5. The van der Waals surface area contributed by atoms with Crippen molar-refractivity contribution in [2.24, 2.45) is 0 Å². The van der Waals surface area contributed by atoms with E-state index in [-0.39, 0.29) is 18.5 Å². The highest BCUT2D eigenvalue weighted by Crippen LogP contribution is 2.16. The zero-order valence-corrected chi connectivity index (χ0v) is 40.6. The predicted molar refractivity (Wildman–Crippen MR) is 264 cm³/mol. The Kier molecular flexibility index (Phi) is 49.1. The summed E-state index contributed by atoms with van der Waals surface area (Å²) < 4.78 is 5.45. The predicted octanol–water partition coefficient (Wildman–Crippen LogP) is 16.1. The standard InChI is InChI=1S/C55H103NO5/c1-3-5-7-9-11-13-15-17-19-20-21-22-24-25-27-31-35-39-43-47-53(58)52(51-57)56-54(59)48-44-40-36-32-29-30-34-38-42-46-50-61-55(60)49-45-41-37-33-28-26-23-18-16-14-12-10-8-6-4-2/h12,14,18,23,43,47,52-53,57-58H,3-11,13,15-17,19-22,24-42,44-46,48-51H2,1-2H3,(H,56,59)/b14-12-,23-18-,47-43+. The van der Waals surface area contributed by atoms with Gasteiger partial charge in [-0.05, 0) is 64.2 Å². The Morgan fingerprint density at radius 2 is 0.820 bits per heavy atom. The molecule has 0 radical (unpaired) electrons. The summed E-state index contributed by atoms with van der Waals surface area (Å²) in [5.41, 5.74) is 0. The first kappa shape index (κ1) is 59.1. The Morgan fingerprint density at radius 1 is 0.459 bits per heavy atom. The zero-order chi connectivity index (χ0) is 44.4. The number of esters is 1. The van der Waals surface area contributed by atoms with Crippen LogP contribution in [0.2, 0.25) is 0 Å². The van der Waals surface area contributed by atoms with Crippen LogP contribution in [0.4, 0.5) is 0 Å². The first-order chi connectivity index (χ1) is 30.0. The lowest BCUT2D eigenvalue weighted by Gasteiger charge is -2.20. The largest absolute Gasteiger partial charge is 0.466 e. The number of rotatable bonds is 49. The summed E-state index contributed by atoms with van der Waals surface area (Å²) in [4.78, 5) is 24.5. The molecule has 2 atom stereocenters. The van der Waals surface area contributed by atoms with E-state index >= 15 is 0 Å². The molecule has 0 bridgehead atoms. The molecule has 6 heteroatoms. The maximum atomic E-state index is 12.4. The van der Waals surface area contributed by atoms with E-state index in [0.717, 1.165) is 70.6 Å². The molecule has 0 heterocycles. The summed E-state index contributed by atoms with van der Waals surface area (Å²) in [5, 5.41) is 23.1. The average molecular weight is 858 g/mol. The van der Waals surface area contributed by atoms with Crippen LogP contribution in [-0.2, 0) is 14.3 Å². The van der Waals surface area contributed by atoms with E-state index in [4.69, 9.17) is 4.74 Å². The van der Waals surface area contributed by atoms with Gasteiger partial charge in [0.15, 0.2) is 0 Å². The normalized spacial score (nSPS) is 12.9.